The highest BCUT2D eigenvalue weighted by Gasteiger charge is 2.73. The van der Waals surface area contributed by atoms with E-state index in [1.165, 1.54) is 0 Å². The van der Waals surface area contributed by atoms with E-state index in [0.717, 1.165) is 36.9 Å². The lowest BCUT2D eigenvalue weighted by atomic mass is 9.48. The zero-order valence-electron chi connectivity index (χ0n) is 18.3. The molecule has 2 aliphatic heterocycles. The molecule has 1 aromatic carbocycles. The largest absolute Gasteiger partial charge is 0.504 e. The highest BCUT2D eigenvalue weighted by atomic mass is 16.5. The molecule has 9 nitrogen and oxygen atoms in total. The minimum atomic E-state index is -1.07. The smallest absolute Gasteiger partial charge is 0.320 e. The number of ether oxygens (including phenoxy) is 2. The molecule has 5 rings (SSSR count). The van der Waals surface area contributed by atoms with Gasteiger partial charge in [0, 0.05) is 31.2 Å². The fraction of sp³-hybridized carbons (Fsp3) is 0.652. The summed E-state index contributed by atoms with van der Waals surface area (Å²) in [6.07, 6.45) is 2.27. The molecule has 6 atom stereocenters. The molecule has 0 amide bonds. The van der Waals surface area contributed by atoms with Gasteiger partial charge in [0.15, 0.2) is 11.5 Å². The second-order valence-corrected chi connectivity index (χ2v) is 9.64. The van der Waals surface area contributed by atoms with E-state index in [1.807, 2.05) is 6.07 Å². The maximum absolute atomic E-state index is 11.9. The van der Waals surface area contributed by atoms with Crippen LogP contribution in [0.4, 0.5) is 0 Å². The Morgan fingerprint density at radius 1 is 1.34 bits per heavy atom. The van der Waals surface area contributed by atoms with Crippen LogP contribution in [0.15, 0.2) is 12.1 Å². The standard InChI is InChI=1S/C23H30N2O7/c1-25-10-9-22-18-12-3-5-15(26)19(18)32-20(22)13(7-8-23(22,31-2)16(25)11-12)24-14(21(29)30)4-6-17(27)28/h3,5,13-14,16,20,24,26H,4,6-11H2,1-2H3,(H,27,28)(H,29,30)/t13-,14?,16?,20-,22-,23+/m0/s1. The van der Waals surface area contributed by atoms with E-state index < -0.39 is 35.1 Å². The molecule has 1 saturated heterocycles. The number of aliphatic carboxylic acids is 2. The van der Waals surface area contributed by atoms with Crippen molar-refractivity contribution in [1.82, 2.24) is 10.2 Å². The van der Waals surface area contributed by atoms with Gasteiger partial charge in [-0.1, -0.05) is 6.07 Å². The third kappa shape index (κ3) is 2.67. The third-order valence-corrected chi connectivity index (χ3v) is 8.41. The minimum Gasteiger partial charge on any atom is -0.504 e. The highest BCUT2D eigenvalue weighted by Crippen LogP contribution is 2.66. The number of likely N-dealkylation sites (N-methyl/N-ethyl adjacent to an activating group) is 1. The van der Waals surface area contributed by atoms with Crippen molar-refractivity contribution in [3.8, 4) is 11.5 Å². The van der Waals surface area contributed by atoms with Gasteiger partial charge in [0.2, 0.25) is 0 Å². The van der Waals surface area contributed by atoms with Gasteiger partial charge < -0.3 is 29.7 Å². The van der Waals surface area contributed by atoms with Crippen molar-refractivity contribution in [2.24, 2.45) is 0 Å². The Labute approximate surface area is 186 Å². The zero-order valence-corrected chi connectivity index (χ0v) is 18.3. The van der Waals surface area contributed by atoms with E-state index >= 15 is 0 Å². The predicted molar refractivity (Wildman–Crippen MR) is 113 cm³/mol. The Morgan fingerprint density at radius 2 is 2.12 bits per heavy atom. The zero-order chi connectivity index (χ0) is 22.8. The normalized spacial score (nSPS) is 35.6. The summed E-state index contributed by atoms with van der Waals surface area (Å²) in [7, 11) is 3.86. The number of aromatic hydroxyl groups is 1. The van der Waals surface area contributed by atoms with Crippen LogP contribution in [0.25, 0.3) is 0 Å². The average Bonchev–Trinajstić information content (AvgIpc) is 3.11. The minimum absolute atomic E-state index is 0.00881. The number of nitrogens with zero attached hydrogens (tertiary/aromatic N) is 1. The average molecular weight is 447 g/mol. The fourth-order valence-electron chi connectivity index (χ4n) is 7.11. The molecule has 2 fully saturated rings. The molecule has 0 aromatic heterocycles. The van der Waals surface area contributed by atoms with Crippen molar-refractivity contribution in [3.63, 3.8) is 0 Å². The van der Waals surface area contributed by atoms with Crippen molar-refractivity contribution >= 4 is 11.9 Å². The van der Waals surface area contributed by atoms with E-state index in [-0.39, 0.29) is 30.7 Å². The Kier molecular flexibility index (Phi) is 4.92. The molecular weight excluding hydrogens is 416 g/mol. The van der Waals surface area contributed by atoms with E-state index in [9.17, 15) is 19.8 Å². The van der Waals surface area contributed by atoms with Gasteiger partial charge in [0.05, 0.1) is 11.0 Å². The maximum Gasteiger partial charge on any atom is 0.320 e. The van der Waals surface area contributed by atoms with Crippen molar-refractivity contribution < 1.29 is 34.4 Å². The summed E-state index contributed by atoms with van der Waals surface area (Å²) in [5, 5.41) is 32.6. The number of likely N-dealkylation sites (tertiary alicyclic amines) is 1. The van der Waals surface area contributed by atoms with Crippen LogP contribution in [-0.4, -0.2) is 82.7 Å². The van der Waals surface area contributed by atoms with Gasteiger partial charge in [-0.2, -0.15) is 0 Å². The summed E-state index contributed by atoms with van der Waals surface area (Å²) in [6.45, 7) is 0.846. The molecule has 174 valence electrons. The number of carboxylic acids is 2. The maximum atomic E-state index is 11.9. The predicted octanol–water partition coefficient (Wildman–Crippen LogP) is 1.11. The first-order chi connectivity index (χ1) is 15.2. The van der Waals surface area contributed by atoms with Gasteiger partial charge in [-0.05, 0) is 57.3 Å². The van der Waals surface area contributed by atoms with Gasteiger partial charge in [0.25, 0.3) is 0 Å². The second-order valence-electron chi connectivity index (χ2n) is 9.64. The van der Waals surface area contributed by atoms with Gasteiger partial charge in [-0.3, -0.25) is 14.9 Å². The summed E-state index contributed by atoms with van der Waals surface area (Å²) in [4.78, 5) is 25.3. The molecule has 2 heterocycles. The van der Waals surface area contributed by atoms with Crippen LogP contribution in [0.3, 0.4) is 0 Å². The van der Waals surface area contributed by atoms with Gasteiger partial charge >= 0.3 is 11.9 Å². The Hall–Kier alpha value is -2.36. The number of methoxy groups -OCH3 is 1. The van der Waals surface area contributed by atoms with Crippen LogP contribution in [0.5, 0.6) is 11.5 Å². The molecule has 2 unspecified atom stereocenters. The molecule has 9 heteroatoms. The van der Waals surface area contributed by atoms with Crippen LogP contribution >= 0.6 is 0 Å². The quantitative estimate of drug-likeness (QED) is 0.487. The lowest BCUT2D eigenvalue weighted by Crippen LogP contribution is -2.78. The molecule has 1 spiro atoms. The molecule has 2 aliphatic carbocycles. The lowest BCUT2D eigenvalue weighted by Gasteiger charge is -2.65. The highest BCUT2D eigenvalue weighted by molar-refractivity contribution is 5.75. The molecule has 4 N–H and O–H groups in total. The van der Waals surface area contributed by atoms with Gasteiger partial charge in [0.1, 0.15) is 12.1 Å². The number of phenolic OH excluding ortho intramolecular Hbond substituents is 1. The number of benzene rings is 1. The summed E-state index contributed by atoms with van der Waals surface area (Å²) >= 11 is 0. The first-order valence-electron chi connectivity index (χ1n) is 11.2. The van der Waals surface area contributed by atoms with Crippen LogP contribution < -0.4 is 10.1 Å². The second kappa shape index (κ2) is 7.33. The monoisotopic (exact) mass is 446 g/mol. The molecule has 0 radical (unpaired) electrons. The number of piperidine rings is 1. The first kappa shape index (κ1) is 21.5. The van der Waals surface area contributed by atoms with Crippen molar-refractivity contribution in [3.05, 3.63) is 23.3 Å². The number of hydrogen-bond donors (Lipinski definition) is 4. The van der Waals surface area contributed by atoms with Crippen LogP contribution in [0, 0.1) is 0 Å². The number of phenols is 1. The first-order valence-corrected chi connectivity index (χ1v) is 11.2. The number of carboxylic acid groups (broad SMARTS) is 2. The Morgan fingerprint density at radius 3 is 2.81 bits per heavy atom. The van der Waals surface area contributed by atoms with Crippen molar-refractivity contribution in [1.29, 1.82) is 0 Å². The lowest BCUT2D eigenvalue weighted by molar-refractivity contribution is -0.204. The fourth-order valence-corrected chi connectivity index (χ4v) is 7.11. The number of rotatable bonds is 7. The Balaban J connectivity index is 1.59. The van der Waals surface area contributed by atoms with Crippen molar-refractivity contribution in [2.45, 2.75) is 73.8 Å². The summed E-state index contributed by atoms with van der Waals surface area (Å²) in [6, 6.07) is 2.49. The van der Waals surface area contributed by atoms with Gasteiger partial charge in [-0.25, -0.2) is 0 Å². The molecule has 32 heavy (non-hydrogen) atoms. The van der Waals surface area contributed by atoms with Crippen LogP contribution in [0.2, 0.25) is 0 Å². The van der Waals surface area contributed by atoms with Gasteiger partial charge in [-0.15, -0.1) is 0 Å². The van der Waals surface area contributed by atoms with E-state index in [4.69, 9.17) is 14.6 Å². The molecule has 1 saturated carbocycles. The molecule has 1 aromatic rings. The Bertz CT molecular complexity index is 968. The SMILES string of the molecule is CO[C@@]12CC[C@H](NC(CCC(=O)O)C(=O)O)[C@@H]3Oc4c(O)ccc5c4[C@@]31CCN(C)C2C5. The van der Waals surface area contributed by atoms with E-state index in [1.54, 1.807) is 13.2 Å². The third-order valence-electron chi connectivity index (χ3n) is 8.41. The molecular formula is C23H30N2O7. The van der Waals surface area contributed by atoms with Crippen molar-refractivity contribution in [2.75, 3.05) is 20.7 Å². The summed E-state index contributed by atoms with van der Waals surface area (Å²) in [5.41, 5.74) is 1.14. The van der Waals surface area contributed by atoms with Crippen LogP contribution in [0.1, 0.15) is 43.2 Å². The van der Waals surface area contributed by atoms with Crippen LogP contribution in [-0.2, 0) is 26.2 Å². The van der Waals surface area contributed by atoms with E-state index in [0.29, 0.717) is 12.2 Å². The molecule has 4 aliphatic rings. The topological polar surface area (TPSA) is 129 Å². The number of nitrogens with one attached hydrogen (secondary N) is 1. The summed E-state index contributed by atoms with van der Waals surface area (Å²) < 4.78 is 12.8. The number of carbonyl (C=O) groups is 2. The number of hydrogen-bond acceptors (Lipinski definition) is 7. The molecule has 2 bridgehead atoms. The summed E-state index contributed by atoms with van der Waals surface area (Å²) in [5.74, 6) is -1.52. The van der Waals surface area contributed by atoms with E-state index in [2.05, 4.69) is 17.3 Å².